The summed E-state index contributed by atoms with van der Waals surface area (Å²) in [7, 11) is 0. The number of nitrogens with zero attached hydrogens (tertiary/aromatic N) is 2. The van der Waals surface area contributed by atoms with Gasteiger partial charge >= 0.3 is 0 Å². The molecule has 7 heteroatoms. The summed E-state index contributed by atoms with van der Waals surface area (Å²) in [6, 6.07) is 5.41. The van der Waals surface area contributed by atoms with Crippen LogP contribution in [0.2, 0.25) is 0 Å². The van der Waals surface area contributed by atoms with Crippen molar-refractivity contribution in [2.45, 2.75) is 78.1 Å². The molecule has 1 aliphatic carbocycles. The number of fused-ring (bicyclic) bond motifs is 1. The van der Waals surface area contributed by atoms with E-state index < -0.39 is 6.04 Å². The third kappa shape index (κ3) is 4.20. The van der Waals surface area contributed by atoms with Gasteiger partial charge in [0.15, 0.2) is 0 Å². The number of benzene rings is 1. The highest BCUT2D eigenvalue weighted by Crippen LogP contribution is 2.42. The molecule has 1 aromatic rings. The van der Waals surface area contributed by atoms with Crippen LogP contribution in [0, 0.1) is 5.41 Å². The normalized spacial score (nSPS) is 27.6. The smallest absolute Gasteiger partial charge is 0.255 e. The minimum Gasteiger partial charge on any atom is -0.489 e. The van der Waals surface area contributed by atoms with Crippen LogP contribution >= 0.6 is 0 Å². The van der Waals surface area contributed by atoms with E-state index in [9.17, 15) is 14.4 Å². The Bertz CT molecular complexity index is 893. The molecular weight excluding hydrogens is 394 g/mol. The Morgan fingerprint density at radius 3 is 2.58 bits per heavy atom. The van der Waals surface area contributed by atoms with Crippen molar-refractivity contribution < 1.29 is 19.1 Å². The van der Waals surface area contributed by atoms with E-state index in [0.29, 0.717) is 24.6 Å². The standard InChI is InChI=1S/C24H33N3O4/c1-5-26(6-2)19-12-24(3,4)13-20(19)31-16-7-8-17-15(11-16)14-27(23(17)30)18-9-10-21(28)25-22(18)29/h7-8,11,18-20H,5-6,9-10,12-14H2,1-4H3,(H,25,28,29)/t18-,19?,20?/m0/s1. The average molecular weight is 428 g/mol. The van der Waals surface area contributed by atoms with Gasteiger partial charge in [0, 0.05) is 24.6 Å². The molecule has 2 unspecified atom stereocenters. The highest BCUT2D eigenvalue weighted by atomic mass is 16.5. The number of hydrogen-bond acceptors (Lipinski definition) is 5. The minimum atomic E-state index is -0.593. The molecule has 168 valence electrons. The first-order chi connectivity index (χ1) is 14.7. The van der Waals surface area contributed by atoms with Crippen molar-refractivity contribution in [3.05, 3.63) is 29.3 Å². The molecule has 0 radical (unpaired) electrons. The molecule has 3 amide bonds. The van der Waals surface area contributed by atoms with E-state index in [0.717, 1.165) is 37.2 Å². The van der Waals surface area contributed by atoms with Gasteiger partial charge in [-0.15, -0.1) is 0 Å². The first-order valence-electron chi connectivity index (χ1n) is 11.4. The second-order valence-corrected chi connectivity index (χ2v) is 9.74. The van der Waals surface area contributed by atoms with Crippen LogP contribution in [0.1, 0.15) is 69.3 Å². The summed E-state index contributed by atoms with van der Waals surface area (Å²) in [5, 5.41) is 2.35. The Morgan fingerprint density at radius 1 is 1.16 bits per heavy atom. The van der Waals surface area contributed by atoms with Gasteiger partial charge in [-0.05, 0) is 61.5 Å². The van der Waals surface area contributed by atoms with Crippen LogP contribution < -0.4 is 10.1 Å². The van der Waals surface area contributed by atoms with Crippen molar-refractivity contribution in [1.29, 1.82) is 0 Å². The molecule has 3 atom stereocenters. The average Bonchev–Trinajstić information content (AvgIpc) is 3.19. The fourth-order valence-corrected chi connectivity index (χ4v) is 5.44. The number of hydrogen-bond donors (Lipinski definition) is 1. The Hall–Kier alpha value is -2.41. The molecule has 0 bridgehead atoms. The van der Waals surface area contributed by atoms with Crippen molar-refractivity contribution >= 4 is 17.7 Å². The predicted molar refractivity (Wildman–Crippen MR) is 117 cm³/mol. The molecule has 0 spiro atoms. The van der Waals surface area contributed by atoms with E-state index in [2.05, 4.69) is 37.9 Å². The molecule has 31 heavy (non-hydrogen) atoms. The summed E-state index contributed by atoms with van der Waals surface area (Å²) in [6.07, 6.45) is 2.83. The van der Waals surface area contributed by atoms with E-state index in [-0.39, 0.29) is 35.7 Å². The van der Waals surface area contributed by atoms with Gasteiger partial charge in [0.25, 0.3) is 5.91 Å². The van der Waals surface area contributed by atoms with E-state index in [4.69, 9.17) is 4.74 Å². The van der Waals surface area contributed by atoms with Gasteiger partial charge in [0.2, 0.25) is 11.8 Å². The number of ether oxygens (including phenoxy) is 1. The summed E-state index contributed by atoms with van der Waals surface area (Å²) in [5.41, 5.74) is 1.72. The number of carbonyl (C=O) groups excluding carboxylic acids is 3. The third-order valence-corrected chi connectivity index (χ3v) is 7.01. The van der Waals surface area contributed by atoms with E-state index in [1.54, 1.807) is 4.90 Å². The quantitative estimate of drug-likeness (QED) is 0.707. The summed E-state index contributed by atoms with van der Waals surface area (Å²) in [5.74, 6) is -0.0388. The van der Waals surface area contributed by atoms with E-state index >= 15 is 0 Å². The summed E-state index contributed by atoms with van der Waals surface area (Å²) in [4.78, 5) is 40.6. The lowest BCUT2D eigenvalue weighted by Gasteiger charge is -2.31. The number of carbonyl (C=O) groups is 3. The van der Waals surface area contributed by atoms with Crippen molar-refractivity contribution in [2.75, 3.05) is 13.1 Å². The molecule has 0 aromatic heterocycles. The number of likely N-dealkylation sites (N-methyl/N-ethyl adjacent to an activating group) is 1. The summed E-state index contributed by atoms with van der Waals surface area (Å²) in [6.45, 7) is 11.3. The van der Waals surface area contributed by atoms with Crippen LogP contribution in [0.15, 0.2) is 18.2 Å². The van der Waals surface area contributed by atoms with Gasteiger partial charge < -0.3 is 9.64 Å². The summed E-state index contributed by atoms with van der Waals surface area (Å²) >= 11 is 0. The second-order valence-electron chi connectivity index (χ2n) is 9.74. The van der Waals surface area contributed by atoms with E-state index in [1.807, 2.05) is 18.2 Å². The molecule has 2 heterocycles. The zero-order valence-corrected chi connectivity index (χ0v) is 18.9. The number of rotatable bonds is 6. The maximum absolute atomic E-state index is 12.9. The second kappa shape index (κ2) is 8.26. The maximum atomic E-state index is 12.9. The van der Waals surface area contributed by atoms with Crippen LogP contribution in [-0.2, 0) is 16.1 Å². The lowest BCUT2D eigenvalue weighted by molar-refractivity contribution is -0.136. The Morgan fingerprint density at radius 2 is 1.90 bits per heavy atom. The molecule has 1 N–H and O–H groups in total. The van der Waals surface area contributed by atoms with Gasteiger partial charge in [0.1, 0.15) is 17.9 Å². The van der Waals surface area contributed by atoms with Gasteiger partial charge in [0.05, 0.1) is 0 Å². The van der Waals surface area contributed by atoms with Crippen molar-refractivity contribution in [3.8, 4) is 5.75 Å². The van der Waals surface area contributed by atoms with Gasteiger partial charge in [-0.2, -0.15) is 0 Å². The molecule has 2 fully saturated rings. The van der Waals surface area contributed by atoms with Crippen LogP contribution in [0.25, 0.3) is 0 Å². The van der Waals surface area contributed by atoms with Crippen molar-refractivity contribution in [1.82, 2.24) is 15.1 Å². The largest absolute Gasteiger partial charge is 0.489 e. The topological polar surface area (TPSA) is 79.0 Å². The van der Waals surface area contributed by atoms with Crippen molar-refractivity contribution in [3.63, 3.8) is 0 Å². The molecule has 1 saturated heterocycles. The zero-order valence-electron chi connectivity index (χ0n) is 18.9. The van der Waals surface area contributed by atoms with Crippen molar-refractivity contribution in [2.24, 2.45) is 5.41 Å². The maximum Gasteiger partial charge on any atom is 0.255 e. The van der Waals surface area contributed by atoms with Crippen LogP contribution in [-0.4, -0.2) is 58.8 Å². The lowest BCUT2D eigenvalue weighted by Crippen LogP contribution is -2.52. The molecule has 7 nitrogen and oxygen atoms in total. The number of piperidine rings is 1. The highest BCUT2D eigenvalue weighted by Gasteiger charge is 2.43. The fourth-order valence-electron chi connectivity index (χ4n) is 5.44. The first-order valence-corrected chi connectivity index (χ1v) is 11.4. The third-order valence-electron chi connectivity index (χ3n) is 7.01. The molecule has 1 saturated carbocycles. The number of imide groups is 1. The monoisotopic (exact) mass is 427 g/mol. The van der Waals surface area contributed by atoms with Crippen LogP contribution in [0.3, 0.4) is 0 Å². The molecular formula is C24H33N3O4. The number of amides is 3. The van der Waals surface area contributed by atoms with Crippen LogP contribution in [0.5, 0.6) is 5.75 Å². The Labute approximate surface area is 184 Å². The first kappa shape index (κ1) is 21.8. The molecule has 3 aliphatic rings. The fraction of sp³-hybridized carbons (Fsp3) is 0.625. The Balaban J connectivity index is 1.51. The van der Waals surface area contributed by atoms with Crippen LogP contribution in [0.4, 0.5) is 0 Å². The molecule has 4 rings (SSSR count). The van der Waals surface area contributed by atoms with Gasteiger partial charge in [-0.1, -0.05) is 27.7 Å². The summed E-state index contributed by atoms with van der Waals surface area (Å²) < 4.78 is 6.49. The molecule has 2 aliphatic heterocycles. The Kier molecular flexibility index (Phi) is 5.81. The number of nitrogens with one attached hydrogen (secondary N) is 1. The van der Waals surface area contributed by atoms with Gasteiger partial charge in [-0.3, -0.25) is 24.6 Å². The zero-order chi connectivity index (χ0) is 22.3. The van der Waals surface area contributed by atoms with E-state index in [1.165, 1.54) is 0 Å². The lowest BCUT2D eigenvalue weighted by atomic mass is 9.91. The highest BCUT2D eigenvalue weighted by molar-refractivity contribution is 6.05. The predicted octanol–water partition coefficient (Wildman–Crippen LogP) is 2.73. The molecule has 1 aromatic carbocycles. The minimum absolute atomic E-state index is 0.108. The van der Waals surface area contributed by atoms with Gasteiger partial charge in [-0.25, -0.2) is 0 Å². The SMILES string of the molecule is CCN(CC)C1CC(C)(C)CC1Oc1ccc2c(c1)CN([C@H]1CCC(=O)NC1=O)C2=O.